The summed E-state index contributed by atoms with van der Waals surface area (Å²) in [6.07, 6.45) is 3.08. The van der Waals surface area contributed by atoms with Gasteiger partial charge in [0.15, 0.2) is 0 Å². The molecule has 5 heteroatoms. The zero-order valence-electron chi connectivity index (χ0n) is 8.64. The van der Waals surface area contributed by atoms with Crippen molar-refractivity contribution in [1.29, 1.82) is 0 Å². The zero-order chi connectivity index (χ0) is 11.5. The van der Waals surface area contributed by atoms with Crippen LogP contribution < -0.4 is 10.5 Å². The summed E-state index contributed by atoms with van der Waals surface area (Å²) in [6, 6.07) is 4.87. The lowest BCUT2D eigenvalue weighted by atomic mass is 10.1. The number of hydrogen-bond acceptors (Lipinski definition) is 4. The maximum Gasteiger partial charge on any atom is 0.316 e. The molecule has 16 heavy (non-hydrogen) atoms. The van der Waals surface area contributed by atoms with Crippen molar-refractivity contribution in [1.82, 2.24) is 9.97 Å². The molecule has 1 aromatic carbocycles. The largest absolute Gasteiger partial charge is 0.467 e. The van der Waals surface area contributed by atoms with Gasteiger partial charge in [-0.25, -0.2) is 14.4 Å². The fourth-order valence-electron chi connectivity index (χ4n) is 1.35. The van der Waals surface area contributed by atoms with E-state index >= 15 is 0 Å². The van der Waals surface area contributed by atoms with Crippen LogP contribution in [0.2, 0.25) is 0 Å². The Morgan fingerprint density at radius 2 is 1.94 bits per heavy atom. The number of hydrogen-bond donors (Lipinski definition) is 1. The first-order valence-corrected chi connectivity index (χ1v) is 4.63. The van der Waals surface area contributed by atoms with Crippen LogP contribution in [0.5, 0.6) is 6.01 Å². The molecule has 0 spiro atoms. The van der Waals surface area contributed by atoms with E-state index in [2.05, 4.69) is 9.97 Å². The highest BCUT2D eigenvalue weighted by molar-refractivity contribution is 5.75. The Balaban J connectivity index is 2.46. The van der Waals surface area contributed by atoms with Crippen LogP contribution in [0.3, 0.4) is 0 Å². The fourth-order valence-corrected chi connectivity index (χ4v) is 1.35. The SMILES string of the molecule is COc1ncc(-c2cccc(F)c2N)cn1. The fraction of sp³-hybridized carbons (Fsp3) is 0.0909. The molecule has 0 saturated carbocycles. The molecule has 0 atom stereocenters. The molecular weight excluding hydrogens is 209 g/mol. The van der Waals surface area contributed by atoms with Gasteiger partial charge in [-0.3, -0.25) is 0 Å². The molecule has 2 rings (SSSR count). The number of rotatable bonds is 2. The molecule has 1 heterocycles. The van der Waals surface area contributed by atoms with E-state index in [9.17, 15) is 4.39 Å². The topological polar surface area (TPSA) is 61.0 Å². The third kappa shape index (κ3) is 1.79. The van der Waals surface area contributed by atoms with E-state index < -0.39 is 5.82 Å². The molecule has 82 valence electrons. The molecule has 1 aromatic heterocycles. The van der Waals surface area contributed by atoms with Crippen LogP contribution in [0.4, 0.5) is 10.1 Å². The van der Waals surface area contributed by atoms with Gasteiger partial charge in [0, 0.05) is 23.5 Å². The van der Waals surface area contributed by atoms with Crippen LogP contribution in [-0.4, -0.2) is 17.1 Å². The molecule has 0 unspecified atom stereocenters. The second-order valence-electron chi connectivity index (χ2n) is 3.16. The quantitative estimate of drug-likeness (QED) is 0.783. The minimum Gasteiger partial charge on any atom is -0.467 e. The van der Waals surface area contributed by atoms with E-state index in [4.69, 9.17) is 10.5 Å². The maximum absolute atomic E-state index is 13.2. The van der Waals surface area contributed by atoms with Crippen LogP contribution in [0, 0.1) is 5.82 Å². The molecule has 0 aliphatic heterocycles. The lowest BCUT2D eigenvalue weighted by molar-refractivity contribution is 0.380. The number of anilines is 1. The van der Waals surface area contributed by atoms with Gasteiger partial charge in [-0.1, -0.05) is 12.1 Å². The van der Waals surface area contributed by atoms with Crippen LogP contribution >= 0.6 is 0 Å². The van der Waals surface area contributed by atoms with Crippen LogP contribution in [0.1, 0.15) is 0 Å². The number of methoxy groups -OCH3 is 1. The first-order chi connectivity index (χ1) is 7.72. The number of ether oxygens (including phenoxy) is 1. The molecule has 0 fully saturated rings. The molecular formula is C11H10FN3O. The highest BCUT2D eigenvalue weighted by Gasteiger charge is 2.07. The van der Waals surface area contributed by atoms with Gasteiger partial charge in [-0.15, -0.1) is 0 Å². The molecule has 0 radical (unpaired) electrons. The summed E-state index contributed by atoms with van der Waals surface area (Å²) in [5.41, 5.74) is 6.94. The van der Waals surface area contributed by atoms with Crippen molar-refractivity contribution in [2.24, 2.45) is 0 Å². The summed E-state index contributed by atoms with van der Waals surface area (Å²) in [5, 5.41) is 0. The zero-order valence-corrected chi connectivity index (χ0v) is 8.64. The minimum absolute atomic E-state index is 0.0938. The Hall–Kier alpha value is -2.17. The van der Waals surface area contributed by atoms with Crippen molar-refractivity contribution in [3.8, 4) is 17.1 Å². The standard InChI is InChI=1S/C11H10FN3O/c1-16-11-14-5-7(6-15-11)8-3-2-4-9(12)10(8)13/h2-6H,13H2,1H3. The van der Waals surface area contributed by atoms with E-state index in [1.54, 1.807) is 12.1 Å². The van der Waals surface area contributed by atoms with Crippen molar-refractivity contribution >= 4 is 5.69 Å². The number of nitrogens with zero attached hydrogens (tertiary/aromatic N) is 2. The third-order valence-electron chi connectivity index (χ3n) is 2.17. The van der Waals surface area contributed by atoms with Gasteiger partial charge in [0.25, 0.3) is 0 Å². The second kappa shape index (κ2) is 4.14. The smallest absolute Gasteiger partial charge is 0.316 e. The van der Waals surface area contributed by atoms with Gasteiger partial charge in [-0.2, -0.15) is 0 Å². The van der Waals surface area contributed by atoms with Gasteiger partial charge in [0.05, 0.1) is 12.8 Å². The molecule has 0 aliphatic carbocycles. The highest BCUT2D eigenvalue weighted by atomic mass is 19.1. The summed E-state index contributed by atoms with van der Waals surface area (Å²) in [5.74, 6) is -0.451. The Morgan fingerprint density at radius 3 is 2.56 bits per heavy atom. The van der Waals surface area contributed by atoms with E-state index in [0.29, 0.717) is 11.1 Å². The molecule has 0 aliphatic rings. The van der Waals surface area contributed by atoms with E-state index in [1.807, 2.05) is 0 Å². The Morgan fingerprint density at radius 1 is 1.25 bits per heavy atom. The Kier molecular flexibility index (Phi) is 2.68. The summed E-state index contributed by atoms with van der Waals surface area (Å²) in [4.78, 5) is 7.87. The molecule has 0 bridgehead atoms. The number of nitrogens with two attached hydrogens (primary N) is 1. The third-order valence-corrected chi connectivity index (χ3v) is 2.17. The van der Waals surface area contributed by atoms with Gasteiger partial charge >= 0.3 is 6.01 Å². The monoisotopic (exact) mass is 219 g/mol. The number of aromatic nitrogens is 2. The summed E-state index contributed by atoms with van der Waals surface area (Å²) in [6.45, 7) is 0. The van der Waals surface area contributed by atoms with Gasteiger partial charge in [0.1, 0.15) is 5.82 Å². The van der Waals surface area contributed by atoms with Crippen LogP contribution in [0.25, 0.3) is 11.1 Å². The Labute approximate surface area is 91.9 Å². The lowest BCUT2D eigenvalue weighted by Gasteiger charge is -2.06. The van der Waals surface area contributed by atoms with Gasteiger partial charge in [-0.05, 0) is 6.07 Å². The first-order valence-electron chi connectivity index (χ1n) is 4.63. The highest BCUT2D eigenvalue weighted by Crippen LogP contribution is 2.26. The van der Waals surface area contributed by atoms with Crippen LogP contribution in [-0.2, 0) is 0 Å². The first kappa shape index (κ1) is 10.4. The second-order valence-corrected chi connectivity index (χ2v) is 3.16. The van der Waals surface area contributed by atoms with Crippen molar-refractivity contribution in [2.75, 3.05) is 12.8 Å². The van der Waals surface area contributed by atoms with Gasteiger partial charge in [0.2, 0.25) is 0 Å². The summed E-state index contributed by atoms with van der Waals surface area (Å²) < 4.78 is 18.1. The minimum atomic E-state index is -0.451. The van der Waals surface area contributed by atoms with E-state index in [-0.39, 0.29) is 11.7 Å². The van der Waals surface area contributed by atoms with Crippen LogP contribution in [0.15, 0.2) is 30.6 Å². The van der Waals surface area contributed by atoms with E-state index in [0.717, 1.165) is 0 Å². The van der Waals surface area contributed by atoms with Crippen molar-refractivity contribution in [2.45, 2.75) is 0 Å². The number of nitrogen functional groups attached to an aromatic ring is 1. The number of benzene rings is 1. The molecule has 0 amide bonds. The average molecular weight is 219 g/mol. The molecule has 2 N–H and O–H groups in total. The maximum atomic E-state index is 13.2. The number of halogens is 1. The molecule has 2 aromatic rings. The lowest BCUT2D eigenvalue weighted by Crippen LogP contribution is -1.96. The molecule has 0 saturated heterocycles. The number of para-hydroxylation sites is 1. The van der Waals surface area contributed by atoms with Gasteiger partial charge < -0.3 is 10.5 Å². The van der Waals surface area contributed by atoms with Crippen molar-refractivity contribution in [3.63, 3.8) is 0 Å². The normalized spacial score (nSPS) is 10.1. The van der Waals surface area contributed by atoms with E-state index in [1.165, 1.54) is 25.6 Å². The molecule has 4 nitrogen and oxygen atoms in total. The summed E-state index contributed by atoms with van der Waals surface area (Å²) >= 11 is 0. The van der Waals surface area contributed by atoms with Crippen molar-refractivity contribution < 1.29 is 9.13 Å². The Bertz CT molecular complexity index is 499. The predicted octanol–water partition coefficient (Wildman–Crippen LogP) is 1.87. The van der Waals surface area contributed by atoms with Crippen molar-refractivity contribution in [3.05, 3.63) is 36.4 Å². The predicted molar refractivity (Wildman–Crippen MR) is 58.4 cm³/mol. The average Bonchev–Trinajstić information content (AvgIpc) is 2.33. The summed E-state index contributed by atoms with van der Waals surface area (Å²) in [7, 11) is 1.48.